The van der Waals surface area contributed by atoms with Crippen molar-refractivity contribution in [3.05, 3.63) is 89.4 Å². The number of para-hydroxylation sites is 1. The van der Waals surface area contributed by atoms with Crippen molar-refractivity contribution in [2.45, 2.75) is 4.90 Å². The van der Waals surface area contributed by atoms with Crippen molar-refractivity contribution < 1.29 is 17.9 Å². The molecule has 8 heteroatoms. The predicted octanol–water partition coefficient (Wildman–Crippen LogP) is 3.95. The first-order valence-electron chi connectivity index (χ1n) is 8.79. The summed E-state index contributed by atoms with van der Waals surface area (Å²) < 4.78 is 32.9. The smallest absolute Gasteiger partial charge is 0.261 e. The molecule has 6 nitrogen and oxygen atoms in total. The molecule has 2 N–H and O–H groups in total. The van der Waals surface area contributed by atoms with Crippen molar-refractivity contribution >= 4 is 33.2 Å². The van der Waals surface area contributed by atoms with E-state index < -0.39 is 15.9 Å². The first-order valence-corrected chi connectivity index (χ1v) is 10.7. The average molecular weight is 431 g/mol. The summed E-state index contributed by atoms with van der Waals surface area (Å²) in [5.41, 5.74) is 0.406. The molecule has 29 heavy (non-hydrogen) atoms. The van der Waals surface area contributed by atoms with Crippen molar-refractivity contribution in [1.82, 2.24) is 5.32 Å². The molecule has 0 heterocycles. The van der Waals surface area contributed by atoms with Crippen LogP contribution in [0.15, 0.2) is 83.8 Å². The Bertz CT molecular complexity index is 1070. The molecule has 0 radical (unpaired) electrons. The quantitative estimate of drug-likeness (QED) is 0.530. The summed E-state index contributed by atoms with van der Waals surface area (Å²) in [6.45, 7) is 0.553. The zero-order chi connectivity index (χ0) is 20.7. The molecule has 0 aliphatic carbocycles. The number of anilines is 1. The highest BCUT2D eigenvalue weighted by molar-refractivity contribution is 7.92. The molecule has 0 aliphatic rings. The zero-order valence-corrected chi connectivity index (χ0v) is 16.9. The number of nitrogens with one attached hydrogen (secondary N) is 2. The number of rotatable bonds is 8. The molecule has 0 bridgehead atoms. The molecule has 0 aliphatic heterocycles. The van der Waals surface area contributed by atoms with Gasteiger partial charge in [-0.25, -0.2) is 8.42 Å². The first kappa shape index (κ1) is 20.7. The van der Waals surface area contributed by atoms with Gasteiger partial charge < -0.3 is 10.1 Å². The Morgan fingerprint density at radius 1 is 0.931 bits per heavy atom. The van der Waals surface area contributed by atoms with Crippen LogP contribution in [0.2, 0.25) is 5.02 Å². The van der Waals surface area contributed by atoms with E-state index in [0.717, 1.165) is 0 Å². The van der Waals surface area contributed by atoms with Crippen LogP contribution in [-0.2, 0) is 10.0 Å². The molecule has 0 unspecified atom stereocenters. The molecule has 3 aromatic carbocycles. The number of halogens is 1. The van der Waals surface area contributed by atoms with Gasteiger partial charge in [-0.1, -0.05) is 48.0 Å². The third-order valence-electron chi connectivity index (χ3n) is 3.92. The van der Waals surface area contributed by atoms with Gasteiger partial charge in [-0.3, -0.25) is 9.52 Å². The molecular formula is C21H19ClN2O4S. The van der Waals surface area contributed by atoms with Crippen LogP contribution in [0.25, 0.3) is 0 Å². The minimum atomic E-state index is -3.76. The van der Waals surface area contributed by atoms with Crippen LogP contribution in [0.4, 0.5) is 5.69 Å². The van der Waals surface area contributed by atoms with E-state index in [0.29, 0.717) is 5.75 Å². The van der Waals surface area contributed by atoms with Crippen LogP contribution in [0.3, 0.4) is 0 Å². The lowest BCUT2D eigenvalue weighted by atomic mass is 10.2. The maximum absolute atomic E-state index is 12.5. The van der Waals surface area contributed by atoms with Gasteiger partial charge in [0.25, 0.3) is 15.9 Å². The van der Waals surface area contributed by atoms with Gasteiger partial charge in [0.1, 0.15) is 12.4 Å². The Balaban J connectivity index is 1.63. The lowest BCUT2D eigenvalue weighted by Gasteiger charge is -2.12. The van der Waals surface area contributed by atoms with Gasteiger partial charge in [0.05, 0.1) is 22.0 Å². The second-order valence-electron chi connectivity index (χ2n) is 6.03. The van der Waals surface area contributed by atoms with Gasteiger partial charge in [-0.2, -0.15) is 0 Å². The van der Waals surface area contributed by atoms with E-state index in [9.17, 15) is 13.2 Å². The number of amides is 1. The third-order valence-corrected chi connectivity index (χ3v) is 5.64. The number of sulfonamides is 1. The maximum Gasteiger partial charge on any atom is 0.261 e. The van der Waals surface area contributed by atoms with Crippen molar-refractivity contribution in [1.29, 1.82) is 0 Å². The fourth-order valence-electron chi connectivity index (χ4n) is 2.52. The van der Waals surface area contributed by atoms with Crippen molar-refractivity contribution in [2.24, 2.45) is 0 Å². The standard InChI is InChI=1S/C21H19ClN2O4S/c22-20-12-11-16(24-29(26,27)18-9-5-2-6-10-18)15-19(20)21(25)23-13-14-28-17-7-3-1-4-8-17/h1-12,15,24H,13-14H2,(H,23,25). The number of hydrogen-bond donors (Lipinski definition) is 2. The van der Waals surface area contributed by atoms with Crippen LogP contribution in [0.5, 0.6) is 5.75 Å². The molecule has 0 saturated heterocycles. The predicted molar refractivity (Wildman–Crippen MR) is 113 cm³/mol. The monoisotopic (exact) mass is 430 g/mol. The van der Waals surface area contributed by atoms with E-state index in [1.54, 1.807) is 18.2 Å². The minimum absolute atomic E-state index is 0.124. The van der Waals surface area contributed by atoms with Gasteiger partial charge in [0.2, 0.25) is 0 Å². The number of carbonyl (C=O) groups excluding carboxylic acids is 1. The average Bonchev–Trinajstić information content (AvgIpc) is 2.73. The molecule has 0 aromatic heterocycles. The Morgan fingerprint density at radius 3 is 2.28 bits per heavy atom. The molecule has 0 atom stereocenters. The zero-order valence-electron chi connectivity index (χ0n) is 15.3. The van der Waals surface area contributed by atoms with Crippen molar-refractivity contribution in [3.63, 3.8) is 0 Å². The largest absolute Gasteiger partial charge is 0.492 e. The molecule has 3 aromatic rings. The van der Waals surface area contributed by atoms with Gasteiger partial charge in [-0.15, -0.1) is 0 Å². The number of ether oxygens (including phenoxy) is 1. The number of benzene rings is 3. The number of hydrogen-bond acceptors (Lipinski definition) is 4. The van der Waals surface area contributed by atoms with Crippen LogP contribution >= 0.6 is 11.6 Å². The fraction of sp³-hybridized carbons (Fsp3) is 0.0952. The van der Waals surface area contributed by atoms with E-state index in [-0.39, 0.29) is 34.3 Å². The first-order chi connectivity index (χ1) is 14.0. The summed E-state index contributed by atoms with van der Waals surface area (Å²) in [5.74, 6) is 0.282. The van der Waals surface area contributed by atoms with Crippen molar-refractivity contribution in [2.75, 3.05) is 17.9 Å². The van der Waals surface area contributed by atoms with E-state index >= 15 is 0 Å². The lowest BCUT2D eigenvalue weighted by Crippen LogP contribution is -2.28. The molecular weight excluding hydrogens is 412 g/mol. The summed E-state index contributed by atoms with van der Waals surface area (Å²) in [6.07, 6.45) is 0. The highest BCUT2D eigenvalue weighted by Gasteiger charge is 2.16. The van der Waals surface area contributed by atoms with E-state index in [1.165, 1.54) is 30.3 Å². The Morgan fingerprint density at radius 2 is 1.59 bits per heavy atom. The summed E-state index contributed by atoms with van der Waals surface area (Å²) in [6, 6.07) is 21.6. The minimum Gasteiger partial charge on any atom is -0.492 e. The molecule has 0 spiro atoms. The second-order valence-corrected chi connectivity index (χ2v) is 8.12. The molecule has 3 rings (SSSR count). The Kier molecular flexibility index (Phi) is 6.74. The SMILES string of the molecule is O=C(NCCOc1ccccc1)c1cc(NS(=O)(=O)c2ccccc2)ccc1Cl. The van der Waals surface area contributed by atoms with Gasteiger partial charge in [0.15, 0.2) is 0 Å². The lowest BCUT2D eigenvalue weighted by molar-refractivity contribution is 0.0947. The highest BCUT2D eigenvalue weighted by Crippen LogP contribution is 2.23. The topological polar surface area (TPSA) is 84.5 Å². The van der Waals surface area contributed by atoms with Crippen LogP contribution in [0.1, 0.15) is 10.4 Å². The highest BCUT2D eigenvalue weighted by atomic mass is 35.5. The van der Waals surface area contributed by atoms with Crippen LogP contribution in [0, 0.1) is 0 Å². The molecule has 0 fully saturated rings. The summed E-state index contributed by atoms with van der Waals surface area (Å²) >= 11 is 6.12. The van der Waals surface area contributed by atoms with Gasteiger partial charge in [-0.05, 0) is 42.5 Å². The fourth-order valence-corrected chi connectivity index (χ4v) is 3.80. The van der Waals surface area contributed by atoms with Gasteiger partial charge in [0, 0.05) is 5.69 Å². The van der Waals surface area contributed by atoms with Crippen LogP contribution < -0.4 is 14.8 Å². The number of carbonyl (C=O) groups is 1. The molecule has 150 valence electrons. The Hall–Kier alpha value is -3.03. The second kappa shape index (κ2) is 9.45. The Labute approximate surface area is 174 Å². The summed E-state index contributed by atoms with van der Waals surface area (Å²) in [4.78, 5) is 12.6. The van der Waals surface area contributed by atoms with Crippen LogP contribution in [-0.4, -0.2) is 27.5 Å². The third kappa shape index (κ3) is 5.73. The maximum atomic E-state index is 12.5. The van der Waals surface area contributed by atoms with E-state index in [1.807, 2.05) is 30.3 Å². The van der Waals surface area contributed by atoms with E-state index in [4.69, 9.17) is 16.3 Å². The van der Waals surface area contributed by atoms with Gasteiger partial charge >= 0.3 is 0 Å². The molecule has 1 amide bonds. The van der Waals surface area contributed by atoms with E-state index in [2.05, 4.69) is 10.0 Å². The molecule has 0 saturated carbocycles. The summed E-state index contributed by atoms with van der Waals surface area (Å²) in [7, 11) is -3.76. The summed E-state index contributed by atoms with van der Waals surface area (Å²) in [5, 5.41) is 2.92. The normalized spacial score (nSPS) is 10.9. The van der Waals surface area contributed by atoms with Crippen molar-refractivity contribution in [3.8, 4) is 5.75 Å².